The highest BCUT2D eigenvalue weighted by Gasteiger charge is 2.21. The molecule has 0 saturated heterocycles. The van der Waals surface area contributed by atoms with Crippen LogP contribution in [-0.4, -0.2) is 11.4 Å². The SMILES string of the molecule is Fc1ccccc1C(CBr)OC1CCCCC1. The van der Waals surface area contributed by atoms with E-state index in [0.717, 1.165) is 12.8 Å². The summed E-state index contributed by atoms with van der Waals surface area (Å²) in [5, 5.41) is 0.643. The summed E-state index contributed by atoms with van der Waals surface area (Å²) in [5.74, 6) is -0.173. The molecule has 1 saturated carbocycles. The lowest BCUT2D eigenvalue weighted by atomic mass is 9.97. The molecule has 1 aliphatic carbocycles. The van der Waals surface area contributed by atoms with Gasteiger partial charge >= 0.3 is 0 Å². The molecule has 0 radical (unpaired) electrons. The Bertz CT molecular complexity index is 350. The van der Waals surface area contributed by atoms with E-state index in [4.69, 9.17) is 4.74 Å². The quantitative estimate of drug-likeness (QED) is 0.738. The fraction of sp³-hybridized carbons (Fsp3) is 0.571. The molecular formula is C14H18BrFO. The van der Waals surface area contributed by atoms with Crippen molar-refractivity contribution in [1.29, 1.82) is 0 Å². The minimum Gasteiger partial charge on any atom is -0.369 e. The second-order valence-corrected chi connectivity index (χ2v) is 5.21. The molecule has 0 bridgehead atoms. The van der Waals surface area contributed by atoms with Crippen molar-refractivity contribution in [2.75, 3.05) is 5.33 Å². The molecule has 2 rings (SSSR count). The third-order valence-electron chi connectivity index (χ3n) is 3.30. The molecule has 1 aromatic carbocycles. The van der Waals surface area contributed by atoms with Crippen LogP contribution in [0.5, 0.6) is 0 Å². The van der Waals surface area contributed by atoms with Crippen LogP contribution in [0.15, 0.2) is 24.3 Å². The molecule has 0 heterocycles. The maximum Gasteiger partial charge on any atom is 0.129 e. The van der Waals surface area contributed by atoms with Crippen molar-refractivity contribution >= 4 is 15.9 Å². The van der Waals surface area contributed by atoms with Gasteiger partial charge in [-0.1, -0.05) is 53.4 Å². The highest BCUT2D eigenvalue weighted by molar-refractivity contribution is 9.09. The molecule has 1 aliphatic rings. The predicted molar refractivity (Wildman–Crippen MR) is 70.9 cm³/mol. The van der Waals surface area contributed by atoms with E-state index >= 15 is 0 Å². The topological polar surface area (TPSA) is 9.23 Å². The lowest BCUT2D eigenvalue weighted by Crippen LogP contribution is -2.21. The average Bonchev–Trinajstić information content (AvgIpc) is 2.38. The van der Waals surface area contributed by atoms with Crippen LogP contribution in [0, 0.1) is 5.82 Å². The van der Waals surface area contributed by atoms with Crippen molar-refractivity contribution in [3.63, 3.8) is 0 Å². The molecule has 3 heteroatoms. The number of rotatable bonds is 4. The van der Waals surface area contributed by atoms with Crippen LogP contribution < -0.4 is 0 Å². The number of ether oxygens (including phenoxy) is 1. The van der Waals surface area contributed by atoms with E-state index in [2.05, 4.69) is 15.9 Å². The van der Waals surface area contributed by atoms with E-state index in [9.17, 15) is 4.39 Å². The van der Waals surface area contributed by atoms with Gasteiger partial charge in [0.25, 0.3) is 0 Å². The Kier molecular flexibility index (Phi) is 4.99. The Morgan fingerprint density at radius 3 is 2.59 bits per heavy atom. The van der Waals surface area contributed by atoms with E-state index in [1.54, 1.807) is 6.07 Å². The van der Waals surface area contributed by atoms with E-state index in [1.165, 1.54) is 25.3 Å². The van der Waals surface area contributed by atoms with Gasteiger partial charge in [0.1, 0.15) is 5.82 Å². The van der Waals surface area contributed by atoms with Gasteiger partial charge < -0.3 is 4.74 Å². The van der Waals surface area contributed by atoms with Gasteiger partial charge in [-0.15, -0.1) is 0 Å². The summed E-state index contributed by atoms with van der Waals surface area (Å²) < 4.78 is 19.7. The van der Waals surface area contributed by atoms with Gasteiger partial charge in [-0.3, -0.25) is 0 Å². The van der Waals surface area contributed by atoms with E-state index in [-0.39, 0.29) is 11.9 Å². The Labute approximate surface area is 110 Å². The second kappa shape index (κ2) is 6.50. The van der Waals surface area contributed by atoms with Crippen LogP contribution >= 0.6 is 15.9 Å². The molecule has 0 spiro atoms. The molecule has 0 amide bonds. The third-order valence-corrected chi connectivity index (χ3v) is 3.89. The third kappa shape index (κ3) is 3.52. The van der Waals surface area contributed by atoms with Crippen LogP contribution in [0.2, 0.25) is 0 Å². The summed E-state index contributed by atoms with van der Waals surface area (Å²) >= 11 is 3.42. The maximum atomic E-state index is 13.7. The van der Waals surface area contributed by atoms with Crippen LogP contribution in [0.4, 0.5) is 4.39 Å². The van der Waals surface area contributed by atoms with Crippen molar-refractivity contribution in [1.82, 2.24) is 0 Å². The smallest absolute Gasteiger partial charge is 0.129 e. The zero-order valence-corrected chi connectivity index (χ0v) is 11.5. The highest BCUT2D eigenvalue weighted by atomic mass is 79.9. The van der Waals surface area contributed by atoms with Crippen molar-refractivity contribution in [2.24, 2.45) is 0 Å². The van der Waals surface area contributed by atoms with Crippen molar-refractivity contribution in [3.05, 3.63) is 35.6 Å². The minimum absolute atomic E-state index is 0.167. The maximum absolute atomic E-state index is 13.7. The number of hydrogen-bond acceptors (Lipinski definition) is 1. The van der Waals surface area contributed by atoms with E-state index in [0.29, 0.717) is 17.0 Å². The number of alkyl halides is 1. The summed E-state index contributed by atoms with van der Waals surface area (Å²) in [4.78, 5) is 0. The summed E-state index contributed by atoms with van der Waals surface area (Å²) in [6, 6.07) is 6.88. The Morgan fingerprint density at radius 1 is 1.24 bits per heavy atom. The molecule has 0 N–H and O–H groups in total. The minimum atomic E-state index is -0.173. The number of benzene rings is 1. The van der Waals surface area contributed by atoms with Crippen LogP contribution in [0.25, 0.3) is 0 Å². The lowest BCUT2D eigenvalue weighted by molar-refractivity contribution is -0.0207. The van der Waals surface area contributed by atoms with Crippen molar-refractivity contribution in [2.45, 2.75) is 44.3 Å². The van der Waals surface area contributed by atoms with Gasteiger partial charge in [-0.2, -0.15) is 0 Å². The largest absolute Gasteiger partial charge is 0.369 e. The number of hydrogen-bond donors (Lipinski definition) is 0. The molecule has 94 valence electrons. The van der Waals surface area contributed by atoms with Crippen LogP contribution in [0.1, 0.15) is 43.8 Å². The highest BCUT2D eigenvalue weighted by Crippen LogP contribution is 2.29. The van der Waals surface area contributed by atoms with Crippen molar-refractivity contribution < 1.29 is 9.13 Å². The first-order chi connectivity index (χ1) is 8.31. The monoisotopic (exact) mass is 300 g/mol. The molecule has 1 atom stereocenters. The summed E-state index contributed by atoms with van der Waals surface area (Å²) in [5.41, 5.74) is 0.662. The summed E-state index contributed by atoms with van der Waals surface area (Å²) in [7, 11) is 0. The molecular weight excluding hydrogens is 283 g/mol. The Balaban J connectivity index is 2.03. The second-order valence-electron chi connectivity index (χ2n) is 4.56. The fourth-order valence-electron chi connectivity index (χ4n) is 2.36. The number of halogens is 2. The molecule has 0 aromatic heterocycles. The predicted octanol–water partition coefficient (Wildman–Crippen LogP) is 4.61. The molecule has 17 heavy (non-hydrogen) atoms. The molecule has 1 fully saturated rings. The summed E-state index contributed by atoms with van der Waals surface area (Å²) in [6.45, 7) is 0. The first-order valence-corrected chi connectivity index (χ1v) is 7.39. The lowest BCUT2D eigenvalue weighted by Gasteiger charge is -2.27. The van der Waals surface area contributed by atoms with Crippen LogP contribution in [-0.2, 0) is 4.74 Å². The van der Waals surface area contributed by atoms with E-state index in [1.807, 2.05) is 12.1 Å². The average molecular weight is 301 g/mol. The first-order valence-electron chi connectivity index (χ1n) is 6.27. The molecule has 1 nitrogen and oxygen atoms in total. The zero-order valence-electron chi connectivity index (χ0n) is 9.87. The van der Waals surface area contributed by atoms with Crippen molar-refractivity contribution in [3.8, 4) is 0 Å². The van der Waals surface area contributed by atoms with Gasteiger partial charge in [0.05, 0.1) is 12.2 Å². The van der Waals surface area contributed by atoms with E-state index < -0.39 is 0 Å². The summed E-state index contributed by atoms with van der Waals surface area (Å²) in [6.07, 6.45) is 6.12. The van der Waals surface area contributed by atoms with Crippen LogP contribution in [0.3, 0.4) is 0 Å². The first kappa shape index (κ1) is 13.0. The molecule has 1 unspecified atom stereocenters. The van der Waals surface area contributed by atoms with Gasteiger partial charge in [0.15, 0.2) is 0 Å². The Hall–Kier alpha value is -0.410. The van der Waals surface area contributed by atoms with Gasteiger partial charge in [0, 0.05) is 10.9 Å². The molecule has 0 aliphatic heterocycles. The normalized spacial score (nSPS) is 19.2. The van der Waals surface area contributed by atoms with Gasteiger partial charge in [-0.25, -0.2) is 4.39 Å². The fourth-order valence-corrected chi connectivity index (χ4v) is 2.86. The molecule has 1 aromatic rings. The Morgan fingerprint density at radius 2 is 1.94 bits per heavy atom. The van der Waals surface area contributed by atoms with Gasteiger partial charge in [0.2, 0.25) is 0 Å². The zero-order chi connectivity index (χ0) is 12.1. The standard InChI is InChI=1S/C14H18BrFO/c15-10-14(12-8-4-5-9-13(12)16)17-11-6-2-1-3-7-11/h4-5,8-9,11,14H,1-3,6-7,10H2. The van der Waals surface area contributed by atoms with Gasteiger partial charge in [-0.05, 0) is 18.9 Å².